The summed E-state index contributed by atoms with van der Waals surface area (Å²) in [6.07, 6.45) is 3.70. The van der Waals surface area contributed by atoms with Gasteiger partial charge in [0.25, 0.3) is 0 Å². The number of carbonyl (C=O) groups excluding carboxylic acids is 1. The van der Waals surface area contributed by atoms with E-state index in [0.29, 0.717) is 12.6 Å². The Labute approximate surface area is 175 Å². The van der Waals surface area contributed by atoms with E-state index >= 15 is 0 Å². The van der Waals surface area contributed by atoms with Crippen molar-refractivity contribution in [1.29, 1.82) is 0 Å². The minimum Gasteiger partial charge on any atom is -0.367 e. The van der Waals surface area contributed by atoms with Crippen molar-refractivity contribution in [1.82, 2.24) is 9.80 Å². The van der Waals surface area contributed by atoms with Crippen molar-refractivity contribution in [3.8, 4) is 0 Å². The van der Waals surface area contributed by atoms with Gasteiger partial charge in [0.2, 0.25) is 5.91 Å². The van der Waals surface area contributed by atoms with E-state index in [9.17, 15) is 4.79 Å². The summed E-state index contributed by atoms with van der Waals surface area (Å²) in [5, 5.41) is 3.01. The van der Waals surface area contributed by atoms with E-state index < -0.39 is 0 Å². The lowest BCUT2D eigenvalue weighted by atomic mass is 9.96. The third-order valence-corrected chi connectivity index (χ3v) is 7.67. The Hall–Kier alpha value is -1.56. The minimum atomic E-state index is 0.281. The fourth-order valence-corrected chi connectivity index (χ4v) is 5.89. The Morgan fingerprint density at radius 1 is 1.07 bits per heavy atom. The number of rotatable bonds is 4. The Morgan fingerprint density at radius 2 is 1.86 bits per heavy atom. The maximum atomic E-state index is 13.1. The average Bonchev–Trinajstić information content (AvgIpc) is 3.44. The maximum absolute atomic E-state index is 13.1. The lowest BCUT2D eigenvalue weighted by Crippen LogP contribution is -2.52. The molecule has 3 aliphatic rings. The van der Waals surface area contributed by atoms with Crippen molar-refractivity contribution in [2.24, 2.45) is 5.92 Å². The molecule has 2 fully saturated rings. The number of fused-ring (bicyclic) bond motifs is 1. The highest BCUT2D eigenvalue weighted by Gasteiger charge is 2.40. The number of hydrogen-bond donors (Lipinski definition) is 0. The van der Waals surface area contributed by atoms with Crippen molar-refractivity contribution < 1.29 is 4.79 Å². The molecule has 6 heteroatoms. The van der Waals surface area contributed by atoms with E-state index in [0.717, 1.165) is 55.8 Å². The number of piperazine rings is 1. The number of anilines is 1. The molecule has 1 aromatic heterocycles. The first kappa shape index (κ1) is 18.5. The zero-order chi connectivity index (χ0) is 19.1. The predicted octanol–water partition coefficient (Wildman–Crippen LogP) is 4.06. The summed E-state index contributed by atoms with van der Waals surface area (Å²) >= 11 is 8.23. The van der Waals surface area contributed by atoms with Crippen LogP contribution in [0.1, 0.15) is 29.3 Å². The maximum Gasteiger partial charge on any atom is 0.236 e. The molecule has 28 heavy (non-hydrogen) atoms. The number of carbonyl (C=O) groups is 1. The van der Waals surface area contributed by atoms with E-state index in [1.54, 1.807) is 0 Å². The lowest BCUT2D eigenvalue weighted by molar-refractivity contribution is -0.133. The summed E-state index contributed by atoms with van der Waals surface area (Å²) in [5.74, 6) is 1.03. The molecular formula is C22H26ClN3OS. The molecule has 0 unspecified atom stereocenters. The molecule has 2 aliphatic heterocycles. The van der Waals surface area contributed by atoms with Crippen LogP contribution in [0.25, 0.3) is 0 Å². The van der Waals surface area contributed by atoms with E-state index in [-0.39, 0.29) is 5.91 Å². The Balaban J connectivity index is 1.22. The highest BCUT2D eigenvalue weighted by atomic mass is 35.5. The van der Waals surface area contributed by atoms with Crippen LogP contribution in [-0.4, -0.2) is 55.0 Å². The molecule has 4 nitrogen and oxygen atoms in total. The number of thiophene rings is 1. The topological polar surface area (TPSA) is 26.8 Å². The second kappa shape index (κ2) is 7.69. The third kappa shape index (κ3) is 3.56. The summed E-state index contributed by atoms with van der Waals surface area (Å²) in [6, 6.07) is 10.7. The number of para-hydroxylation sites is 1. The lowest BCUT2D eigenvalue weighted by Gasteiger charge is -2.40. The van der Waals surface area contributed by atoms with Crippen LogP contribution in [0.5, 0.6) is 0 Å². The van der Waals surface area contributed by atoms with Gasteiger partial charge >= 0.3 is 0 Å². The first-order chi connectivity index (χ1) is 13.7. The van der Waals surface area contributed by atoms with Crippen LogP contribution in [0.2, 0.25) is 5.02 Å². The molecule has 1 atom stereocenters. The zero-order valence-electron chi connectivity index (χ0n) is 16.0. The second-order valence-corrected chi connectivity index (χ2v) is 9.53. The number of benzene rings is 1. The van der Waals surface area contributed by atoms with E-state index in [4.69, 9.17) is 11.6 Å². The fourth-order valence-electron chi connectivity index (χ4n) is 4.72. The van der Waals surface area contributed by atoms with Gasteiger partial charge in [0, 0.05) is 43.6 Å². The SMILES string of the molecule is O=C(CN1CCc2sccc2[C@@H]1C1CC1)N1CCN(c2ccccc2Cl)CC1. The number of hydrogen-bond acceptors (Lipinski definition) is 4. The second-order valence-electron chi connectivity index (χ2n) is 8.12. The average molecular weight is 416 g/mol. The standard InChI is InChI=1S/C22H26ClN3OS/c23-18-3-1-2-4-19(18)24-10-12-25(13-11-24)21(27)15-26-9-7-20-17(8-14-28-20)22(26)16-5-6-16/h1-4,8,14,16,22H,5-7,9-13,15H2/t22-/m0/s1. The number of amides is 1. The predicted molar refractivity (Wildman–Crippen MR) is 115 cm³/mol. The van der Waals surface area contributed by atoms with Gasteiger partial charge in [-0.2, -0.15) is 0 Å². The van der Waals surface area contributed by atoms with E-state index in [1.165, 1.54) is 23.3 Å². The third-order valence-electron chi connectivity index (χ3n) is 6.35. The first-order valence-electron chi connectivity index (χ1n) is 10.3. The van der Waals surface area contributed by atoms with Crippen LogP contribution in [0, 0.1) is 5.92 Å². The molecule has 0 N–H and O–H groups in total. The van der Waals surface area contributed by atoms with Crippen LogP contribution in [0.3, 0.4) is 0 Å². The summed E-state index contributed by atoms with van der Waals surface area (Å²) in [6.45, 7) is 4.81. The van der Waals surface area contributed by atoms with E-state index in [2.05, 4.69) is 27.3 Å². The molecule has 2 aromatic rings. The van der Waals surface area contributed by atoms with Crippen molar-refractivity contribution >= 4 is 34.5 Å². The summed E-state index contributed by atoms with van der Waals surface area (Å²) < 4.78 is 0. The summed E-state index contributed by atoms with van der Waals surface area (Å²) in [4.78, 5) is 21.4. The van der Waals surface area contributed by atoms with Crippen LogP contribution < -0.4 is 4.90 Å². The van der Waals surface area contributed by atoms with Crippen LogP contribution >= 0.6 is 22.9 Å². The van der Waals surface area contributed by atoms with Gasteiger partial charge < -0.3 is 9.80 Å². The van der Waals surface area contributed by atoms with Crippen molar-refractivity contribution in [3.05, 3.63) is 51.2 Å². The van der Waals surface area contributed by atoms with Crippen molar-refractivity contribution in [2.45, 2.75) is 25.3 Å². The zero-order valence-corrected chi connectivity index (χ0v) is 17.6. The summed E-state index contributed by atoms with van der Waals surface area (Å²) in [7, 11) is 0. The number of nitrogens with zero attached hydrogens (tertiary/aromatic N) is 3. The van der Waals surface area contributed by atoms with Crippen molar-refractivity contribution in [2.75, 3.05) is 44.2 Å². The van der Waals surface area contributed by atoms with Crippen LogP contribution in [0.15, 0.2) is 35.7 Å². The van der Waals surface area contributed by atoms with Gasteiger partial charge in [-0.3, -0.25) is 9.69 Å². The van der Waals surface area contributed by atoms with Gasteiger partial charge in [-0.1, -0.05) is 23.7 Å². The van der Waals surface area contributed by atoms with Crippen LogP contribution in [0.4, 0.5) is 5.69 Å². The fraction of sp³-hybridized carbons (Fsp3) is 0.500. The van der Waals surface area contributed by atoms with Crippen molar-refractivity contribution in [3.63, 3.8) is 0 Å². The number of halogens is 1. The molecule has 1 aromatic carbocycles. The molecule has 1 amide bonds. The van der Waals surface area contributed by atoms with E-state index in [1.807, 2.05) is 34.4 Å². The molecule has 148 valence electrons. The van der Waals surface area contributed by atoms with Gasteiger partial charge in [-0.25, -0.2) is 0 Å². The van der Waals surface area contributed by atoms with Gasteiger partial charge in [-0.05, 0) is 54.3 Å². The summed E-state index contributed by atoms with van der Waals surface area (Å²) in [5.41, 5.74) is 2.57. The molecule has 1 aliphatic carbocycles. The molecule has 0 bridgehead atoms. The molecule has 1 saturated carbocycles. The molecule has 1 saturated heterocycles. The molecule has 5 rings (SSSR count). The van der Waals surface area contributed by atoms with Gasteiger partial charge in [0.1, 0.15) is 0 Å². The molecule has 0 spiro atoms. The van der Waals surface area contributed by atoms with Gasteiger partial charge in [0.15, 0.2) is 0 Å². The smallest absolute Gasteiger partial charge is 0.236 e. The Bertz CT molecular complexity index is 857. The highest BCUT2D eigenvalue weighted by molar-refractivity contribution is 7.10. The normalized spacial score (nSPS) is 23.0. The Kier molecular flexibility index (Phi) is 5.07. The Morgan fingerprint density at radius 3 is 2.61 bits per heavy atom. The first-order valence-corrected chi connectivity index (χ1v) is 11.5. The largest absolute Gasteiger partial charge is 0.367 e. The molecule has 0 radical (unpaired) electrons. The van der Waals surface area contributed by atoms with Gasteiger partial charge in [-0.15, -0.1) is 11.3 Å². The molecular weight excluding hydrogens is 390 g/mol. The minimum absolute atomic E-state index is 0.281. The highest BCUT2D eigenvalue weighted by Crippen LogP contribution is 2.48. The van der Waals surface area contributed by atoms with Crippen LogP contribution in [-0.2, 0) is 11.2 Å². The van der Waals surface area contributed by atoms with Gasteiger partial charge in [0.05, 0.1) is 17.3 Å². The monoisotopic (exact) mass is 415 g/mol. The quantitative estimate of drug-likeness (QED) is 0.753. The molecule has 3 heterocycles.